The zero-order valence-electron chi connectivity index (χ0n) is 10.7. The number of pyridine rings is 1. The fourth-order valence-electron chi connectivity index (χ4n) is 2.21. The summed E-state index contributed by atoms with van der Waals surface area (Å²) in [5.41, 5.74) is 2.47. The molecule has 3 heteroatoms. The van der Waals surface area contributed by atoms with Crippen LogP contribution in [0.1, 0.15) is 37.9 Å². The number of hydrogen-bond donors (Lipinski definition) is 1. The van der Waals surface area contributed by atoms with Crippen LogP contribution in [0.2, 0.25) is 0 Å². The lowest BCUT2D eigenvalue weighted by Gasteiger charge is -2.28. The number of halogens is 1. The van der Waals surface area contributed by atoms with Gasteiger partial charge in [-0.1, -0.05) is 13.8 Å². The lowest BCUT2D eigenvalue weighted by molar-refractivity contribution is 0.386. The molecule has 16 heavy (non-hydrogen) atoms. The van der Waals surface area contributed by atoms with Gasteiger partial charge in [-0.25, -0.2) is 0 Å². The molecule has 0 saturated carbocycles. The van der Waals surface area contributed by atoms with Crippen molar-refractivity contribution in [2.45, 2.75) is 39.7 Å². The molecule has 0 bridgehead atoms. The van der Waals surface area contributed by atoms with Crippen LogP contribution in [-0.4, -0.2) is 18.1 Å². The lowest BCUT2D eigenvalue weighted by atomic mass is 9.84. The maximum absolute atomic E-state index is 4.58. The van der Waals surface area contributed by atoms with Crippen LogP contribution in [-0.2, 0) is 0 Å². The van der Waals surface area contributed by atoms with Crippen molar-refractivity contribution in [3.05, 3.63) is 28.0 Å². The van der Waals surface area contributed by atoms with Gasteiger partial charge in [-0.15, -0.1) is 0 Å². The Labute approximate surface area is 107 Å². The molecule has 1 rings (SSSR count). The Morgan fingerprint density at radius 1 is 1.31 bits per heavy atom. The largest absolute Gasteiger partial charge is 0.317 e. The van der Waals surface area contributed by atoms with Gasteiger partial charge in [-0.2, -0.15) is 0 Å². The first-order chi connectivity index (χ1) is 7.47. The van der Waals surface area contributed by atoms with Crippen LogP contribution >= 0.6 is 15.9 Å². The quantitative estimate of drug-likeness (QED) is 0.915. The van der Waals surface area contributed by atoms with E-state index in [1.165, 1.54) is 11.3 Å². The third-order valence-corrected chi connectivity index (χ3v) is 3.55. The third-order valence-electron chi connectivity index (χ3n) is 3.11. The summed E-state index contributed by atoms with van der Waals surface area (Å²) in [7, 11) is 2.01. The summed E-state index contributed by atoms with van der Waals surface area (Å²) < 4.78 is 1.05. The number of aryl methyl sites for hydroxylation is 1. The van der Waals surface area contributed by atoms with Crippen molar-refractivity contribution in [1.29, 1.82) is 0 Å². The average molecular weight is 285 g/mol. The molecule has 0 aliphatic carbocycles. The maximum Gasteiger partial charge on any atom is 0.0482 e. The highest BCUT2D eigenvalue weighted by Crippen LogP contribution is 2.29. The second kappa shape index (κ2) is 5.78. The molecule has 0 aliphatic heterocycles. The van der Waals surface area contributed by atoms with Gasteiger partial charge in [0.25, 0.3) is 0 Å². The molecule has 2 unspecified atom stereocenters. The van der Waals surface area contributed by atoms with Gasteiger partial charge >= 0.3 is 0 Å². The minimum Gasteiger partial charge on any atom is -0.317 e. The molecule has 0 aliphatic rings. The highest BCUT2D eigenvalue weighted by atomic mass is 79.9. The maximum atomic E-state index is 4.58. The molecule has 0 amide bonds. The summed E-state index contributed by atoms with van der Waals surface area (Å²) in [4.78, 5) is 4.58. The molecule has 2 atom stereocenters. The first kappa shape index (κ1) is 13.7. The summed E-state index contributed by atoms with van der Waals surface area (Å²) in [6, 6.07) is 2.58. The van der Waals surface area contributed by atoms with Crippen LogP contribution in [0.4, 0.5) is 0 Å². The van der Waals surface area contributed by atoms with Crippen LogP contribution in [0, 0.1) is 12.8 Å². The van der Waals surface area contributed by atoms with Crippen LogP contribution in [0.5, 0.6) is 0 Å². The van der Waals surface area contributed by atoms with Gasteiger partial charge in [0.1, 0.15) is 0 Å². The minimum absolute atomic E-state index is 0.437. The first-order valence-corrected chi connectivity index (χ1v) is 6.56. The number of likely N-dealkylation sites (N-methyl/N-ethyl adjacent to an activating group) is 1. The van der Waals surface area contributed by atoms with E-state index < -0.39 is 0 Å². The van der Waals surface area contributed by atoms with Gasteiger partial charge in [0, 0.05) is 28.3 Å². The fourth-order valence-corrected chi connectivity index (χ4v) is 2.66. The molecule has 1 heterocycles. The Morgan fingerprint density at radius 2 is 1.94 bits per heavy atom. The Morgan fingerprint density at radius 3 is 2.38 bits per heavy atom. The number of nitrogens with zero attached hydrogens (tertiary/aromatic N) is 1. The van der Waals surface area contributed by atoms with Crippen molar-refractivity contribution in [1.82, 2.24) is 10.3 Å². The minimum atomic E-state index is 0.437. The molecular weight excluding hydrogens is 264 g/mol. The first-order valence-electron chi connectivity index (χ1n) is 5.76. The summed E-state index contributed by atoms with van der Waals surface area (Å²) in [6.07, 6.45) is 1.89. The van der Waals surface area contributed by atoms with E-state index in [-0.39, 0.29) is 0 Å². The number of aromatic nitrogens is 1. The van der Waals surface area contributed by atoms with Crippen LogP contribution < -0.4 is 5.32 Å². The summed E-state index contributed by atoms with van der Waals surface area (Å²) in [5.74, 6) is 1.04. The number of hydrogen-bond acceptors (Lipinski definition) is 2. The highest BCUT2D eigenvalue weighted by molar-refractivity contribution is 9.10. The van der Waals surface area contributed by atoms with E-state index in [4.69, 9.17) is 0 Å². The lowest BCUT2D eigenvalue weighted by Crippen LogP contribution is -2.33. The molecule has 0 aromatic carbocycles. The molecule has 0 fully saturated rings. The predicted octanol–water partition coefficient (Wildman–Crippen LogP) is 3.50. The van der Waals surface area contributed by atoms with E-state index in [1.807, 2.05) is 13.2 Å². The van der Waals surface area contributed by atoms with Gasteiger partial charge in [0.15, 0.2) is 0 Å². The highest BCUT2D eigenvalue weighted by Gasteiger charge is 2.24. The Bertz CT molecular complexity index is 350. The Hall–Kier alpha value is -0.410. The Balaban J connectivity index is 3.11. The normalized spacial score (nSPS) is 15.2. The average Bonchev–Trinajstić information content (AvgIpc) is 2.21. The van der Waals surface area contributed by atoms with E-state index in [0.29, 0.717) is 17.9 Å². The Kier molecular flexibility index (Phi) is 4.93. The molecule has 1 aromatic heterocycles. The monoisotopic (exact) mass is 284 g/mol. The molecule has 1 aromatic rings. The van der Waals surface area contributed by atoms with E-state index >= 15 is 0 Å². The SMILES string of the molecule is CNC(C)C(c1ncc(Br)cc1C)C(C)C. The summed E-state index contributed by atoms with van der Waals surface area (Å²) >= 11 is 3.46. The van der Waals surface area contributed by atoms with Crippen molar-refractivity contribution < 1.29 is 0 Å². The van der Waals surface area contributed by atoms with Gasteiger partial charge in [-0.3, -0.25) is 4.98 Å². The van der Waals surface area contributed by atoms with Crippen molar-refractivity contribution >= 4 is 15.9 Å². The molecule has 0 saturated heterocycles. The second-order valence-electron chi connectivity index (χ2n) is 4.70. The standard InChI is InChI=1S/C13H21BrN2/c1-8(2)12(10(4)15-5)13-9(3)6-11(14)7-16-13/h6-8,10,12,15H,1-5H3. The van der Waals surface area contributed by atoms with Crippen molar-refractivity contribution in [3.8, 4) is 0 Å². The van der Waals surface area contributed by atoms with Gasteiger partial charge in [0.05, 0.1) is 0 Å². The molecule has 2 nitrogen and oxygen atoms in total. The van der Waals surface area contributed by atoms with Crippen molar-refractivity contribution in [3.63, 3.8) is 0 Å². The van der Waals surface area contributed by atoms with E-state index in [9.17, 15) is 0 Å². The van der Waals surface area contributed by atoms with Crippen LogP contribution in [0.15, 0.2) is 16.7 Å². The number of nitrogens with one attached hydrogen (secondary N) is 1. The van der Waals surface area contributed by atoms with E-state index in [2.05, 4.69) is 60.0 Å². The molecule has 0 radical (unpaired) electrons. The van der Waals surface area contributed by atoms with Crippen molar-refractivity contribution in [2.75, 3.05) is 7.05 Å². The second-order valence-corrected chi connectivity index (χ2v) is 5.62. The zero-order valence-corrected chi connectivity index (χ0v) is 12.3. The summed E-state index contributed by atoms with van der Waals surface area (Å²) in [5, 5.41) is 3.33. The van der Waals surface area contributed by atoms with Gasteiger partial charge < -0.3 is 5.32 Å². The smallest absolute Gasteiger partial charge is 0.0482 e. The third kappa shape index (κ3) is 3.05. The van der Waals surface area contributed by atoms with Crippen LogP contribution in [0.3, 0.4) is 0 Å². The topological polar surface area (TPSA) is 24.9 Å². The van der Waals surface area contributed by atoms with E-state index in [0.717, 1.165) is 4.47 Å². The van der Waals surface area contributed by atoms with Gasteiger partial charge in [-0.05, 0) is 54.4 Å². The fraction of sp³-hybridized carbons (Fsp3) is 0.615. The molecule has 90 valence electrons. The molecule has 0 spiro atoms. The van der Waals surface area contributed by atoms with E-state index in [1.54, 1.807) is 0 Å². The summed E-state index contributed by atoms with van der Waals surface area (Å²) in [6.45, 7) is 8.85. The zero-order chi connectivity index (χ0) is 12.3. The van der Waals surface area contributed by atoms with Crippen molar-refractivity contribution in [2.24, 2.45) is 5.92 Å². The van der Waals surface area contributed by atoms with Crippen LogP contribution in [0.25, 0.3) is 0 Å². The molecule has 1 N–H and O–H groups in total. The molecular formula is C13H21BrN2. The van der Waals surface area contributed by atoms with Gasteiger partial charge in [0.2, 0.25) is 0 Å². The predicted molar refractivity (Wildman–Crippen MR) is 72.8 cm³/mol. The number of rotatable bonds is 4.